The predicted molar refractivity (Wildman–Crippen MR) is 101 cm³/mol. The van der Waals surface area contributed by atoms with Crippen molar-refractivity contribution in [3.63, 3.8) is 0 Å². The third-order valence-corrected chi connectivity index (χ3v) is 3.76. The minimum atomic E-state index is -0.651. The van der Waals surface area contributed by atoms with Crippen molar-refractivity contribution in [2.75, 3.05) is 32.8 Å². The Morgan fingerprint density at radius 3 is 2.33 bits per heavy atom. The summed E-state index contributed by atoms with van der Waals surface area (Å²) >= 11 is 6.00. The highest BCUT2D eigenvalue weighted by Crippen LogP contribution is 2.29. The highest BCUT2D eigenvalue weighted by atomic mass is 35.5. The fourth-order valence-corrected chi connectivity index (χ4v) is 2.49. The molecule has 2 rings (SSSR count). The Morgan fingerprint density at radius 1 is 1.00 bits per heavy atom. The lowest BCUT2D eigenvalue weighted by molar-refractivity contribution is -0.119. The van der Waals surface area contributed by atoms with Crippen LogP contribution in [0.4, 0.5) is 5.69 Å². The minimum absolute atomic E-state index is 0.250. The fraction of sp³-hybridized carbons (Fsp3) is 0.263. The zero-order valence-corrected chi connectivity index (χ0v) is 16.0. The molecule has 0 radical (unpaired) electrons. The van der Waals surface area contributed by atoms with Gasteiger partial charge in [-0.05, 0) is 43.3 Å². The summed E-state index contributed by atoms with van der Waals surface area (Å²) in [6.07, 6.45) is 0. The molecule has 0 atom stereocenters. The number of nitrogens with one attached hydrogen (secondary N) is 1. The number of benzene rings is 2. The summed E-state index contributed by atoms with van der Waals surface area (Å²) in [6.45, 7) is 1.79. The Hall–Kier alpha value is -2.93. The van der Waals surface area contributed by atoms with Gasteiger partial charge >= 0.3 is 5.97 Å². The summed E-state index contributed by atoms with van der Waals surface area (Å²) in [6, 6.07) is 9.43. The van der Waals surface area contributed by atoms with Crippen molar-refractivity contribution in [1.29, 1.82) is 0 Å². The van der Waals surface area contributed by atoms with Crippen molar-refractivity contribution < 1.29 is 28.5 Å². The molecule has 0 spiro atoms. The quantitative estimate of drug-likeness (QED) is 0.690. The van der Waals surface area contributed by atoms with Crippen molar-refractivity contribution in [3.05, 3.63) is 47.0 Å². The maximum atomic E-state index is 12.2. The van der Waals surface area contributed by atoms with Gasteiger partial charge in [-0.2, -0.15) is 0 Å². The Morgan fingerprint density at radius 2 is 1.70 bits per heavy atom. The molecule has 0 aliphatic heterocycles. The molecular formula is C19H20ClNO6. The number of carbonyl (C=O) groups is 2. The number of hydrogen-bond acceptors (Lipinski definition) is 6. The molecule has 144 valence electrons. The molecule has 27 heavy (non-hydrogen) atoms. The van der Waals surface area contributed by atoms with Crippen LogP contribution in [0.5, 0.6) is 17.2 Å². The van der Waals surface area contributed by atoms with Crippen molar-refractivity contribution in [1.82, 2.24) is 0 Å². The number of amides is 1. The van der Waals surface area contributed by atoms with Gasteiger partial charge in [0.1, 0.15) is 5.75 Å². The number of ether oxygens (including phenoxy) is 4. The van der Waals surface area contributed by atoms with Crippen LogP contribution in [0, 0.1) is 0 Å². The third kappa shape index (κ3) is 5.52. The van der Waals surface area contributed by atoms with Crippen LogP contribution in [-0.4, -0.2) is 39.3 Å². The minimum Gasteiger partial charge on any atom is -0.495 e. The average molecular weight is 394 g/mol. The van der Waals surface area contributed by atoms with Crippen molar-refractivity contribution >= 4 is 29.2 Å². The number of methoxy groups -OCH3 is 2. The Labute approximate surface area is 162 Å². The maximum absolute atomic E-state index is 12.2. The van der Waals surface area contributed by atoms with Gasteiger partial charge in [-0.1, -0.05) is 11.6 Å². The average Bonchev–Trinajstić information content (AvgIpc) is 2.66. The van der Waals surface area contributed by atoms with E-state index in [2.05, 4.69) is 5.32 Å². The highest BCUT2D eigenvalue weighted by molar-refractivity contribution is 6.32. The first-order valence-electron chi connectivity index (χ1n) is 8.09. The number of anilines is 1. The highest BCUT2D eigenvalue weighted by Gasteiger charge is 2.14. The Kier molecular flexibility index (Phi) is 7.31. The van der Waals surface area contributed by atoms with E-state index in [4.69, 9.17) is 30.5 Å². The van der Waals surface area contributed by atoms with E-state index in [1.807, 2.05) is 6.92 Å². The molecule has 0 bridgehead atoms. The van der Waals surface area contributed by atoms with E-state index in [-0.39, 0.29) is 5.56 Å². The molecule has 2 aromatic rings. The Balaban J connectivity index is 1.95. The van der Waals surface area contributed by atoms with Gasteiger partial charge in [0.05, 0.1) is 31.4 Å². The second-order valence-corrected chi connectivity index (χ2v) is 5.68. The smallest absolute Gasteiger partial charge is 0.338 e. The summed E-state index contributed by atoms with van der Waals surface area (Å²) in [5, 5.41) is 2.95. The number of carbonyl (C=O) groups excluding carboxylic acids is 2. The molecule has 2 aromatic carbocycles. The first-order valence-corrected chi connectivity index (χ1v) is 8.47. The molecule has 0 saturated heterocycles. The first-order chi connectivity index (χ1) is 13.0. The Bertz CT molecular complexity index is 824. The standard InChI is InChI=1S/C19H20ClNO6/c1-4-26-17-9-12(5-7-16(17)25-3)19(23)27-11-18(22)21-13-6-8-15(24-2)14(20)10-13/h5-10H,4,11H2,1-3H3,(H,21,22). The van der Waals surface area contributed by atoms with E-state index in [1.165, 1.54) is 32.4 Å². The summed E-state index contributed by atoms with van der Waals surface area (Å²) < 4.78 is 20.7. The van der Waals surface area contributed by atoms with E-state index >= 15 is 0 Å². The lowest BCUT2D eigenvalue weighted by atomic mass is 10.2. The van der Waals surface area contributed by atoms with Crippen LogP contribution >= 0.6 is 11.6 Å². The summed E-state index contributed by atoms with van der Waals surface area (Å²) in [5.74, 6) is 0.268. The molecule has 0 saturated carbocycles. The van der Waals surface area contributed by atoms with E-state index in [1.54, 1.807) is 18.2 Å². The zero-order chi connectivity index (χ0) is 19.8. The molecular weight excluding hydrogens is 374 g/mol. The lowest BCUT2D eigenvalue weighted by Gasteiger charge is -2.11. The first kappa shape index (κ1) is 20.4. The van der Waals surface area contributed by atoms with E-state index in [0.717, 1.165) is 0 Å². The van der Waals surface area contributed by atoms with Gasteiger partial charge in [-0.15, -0.1) is 0 Å². The van der Waals surface area contributed by atoms with Gasteiger partial charge in [0, 0.05) is 5.69 Å². The van der Waals surface area contributed by atoms with Crippen LogP contribution in [0.15, 0.2) is 36.4 Å². The third-order valence-electron chi connectivity index (χ3n) is 3.47. The normalized spacial score (nSPS) is 10.1. The largest absolute Gasteiger partial charge is 0.495 e. The molecule has 0 unspecified atom stereocenters. The molecule has 0 aromatic heterocycles. The number of rotatable bonds is 8. The van der Waals surface area contributed by atoms with Crippen molar-refractivity contribution in [3.8, 4) is 17.2 Å². The van der Waals surface area contributed by atoms with Crippen LogP contribution in [0.3, 0.4) is 0 Å². The van der Waals surface area contributed by atoms with Gasteiger partial charge in [-0.3, -0.25) is 4.79 Å². The SMILES string of the molecule is CCOc1cc(C(=O)OCC(=O)Nc2ccc(OC)c(Cl)c2)ccc1OC. The van der Waals surface area contributed by atoms with Crippen LogP contribution in [0.2, 0.25) is 5.02 Å². The van der Waals surface area contributed by atoms with E-state index in [9.17, 15) is 9.59 Å². The van der Waals surface area contributed by atoms with Gasteiger partial charge in [0.15, 0.2) is 18.1 Å². The summed E-state index contributed by atoms with van der Waals surface area (Å²) in [5.41, 5.74) is 0.712. The summed E-state index contributed by atoms with van der Waals surface area (Å²) in [4.78, 5) is 24.1. The van der Waals surface area contributed by atoms with Gasteiger partial charge in [0.25, 0.3) is 5.91 Å². The molecule has 0 aliphatic rings. The molecule has 7 nitrogen and oxygen atoms in total. The predicted octanol–water partition coefficient (Wildman–Crippen LogP) is 3.55. The second-order valence-electron chi connectivity index (χ2n) is 5.27. The molecule has 0 fully saturated rings. The van der Waals surface area contributed by atoms with Gasteiger partial charge in [0.2, 0.25) is 0 Å². The maximum Gasteiger partial charge on any atom is 0.338 e. The van der Waals surface area contributed by atoms with E-state index in [0.29, 0.717) is 34.6 Å². The second kappa shape index (κ2) is 9.68. The molecule has 1 N–H and O–H groups in total. The molecule has 8 heteroatoms. The lowest BCUT2D eigenvalue weighted by Crippen LogP contribution is -2.21. The number of esters is 1. The number of hydrogen-bond donors (Lipinski definition) is 1. The van der Waals surface area contributed by atoms with Gasteiger partial charge in [-0.25, -0.2) is 4.79 Å². The summed E-state index contributed by atoms with van der Waals surface area (Å²) in [7, 11) is 3.00. The molecule has 0 aliphatic carbocycles. The van der Waals surface area contributed by atoms with Crippen molar-refractivity contribution in [2.45, 2.75) is 6.92 Å². The zero-order valence-electron chi connectivity index (χ0n) is 15.2. The van der Waals surface area contributed by atoms with Gasteiger partial charge < -0.3 is 24.3 Å². The number of halogens is 1. The molecule has 1 amide bonds. The monoisotopic (exact) mass is 393 g/mol. The topological polar surface area (TPSA) is 83.1 Å². The molecule has 0 heterocycles. The fourth-order valence-electron chi connectivity index (χ4n) is 2.23. The van der Waals surface area contributed by atoms with Crippen molar-refractivity contribution in [2.24, 2.45) is 0 Å². The van der Waals surface area contributed by atoms with Crippen LogP contribution < -0.4 is 19.5 Å². The van der Waals surface area contributed by atoms with Crippen LogP contribution in [0.25, 0.3) is 0 Å². The van der Waals surface area contributed by atoms with E-state index < -0.39 is 18.5 Å². The van der Waals surface area contributed by atoms with Crippen LogP contribution in [0.1, 0.15) is 17.3 Å². The van der Waals surface area contributed by atoms with Crippen LogP contribution in [-0.2, 0) is 9.53 Å².